The van der Waals surface area contributed by atoms with Crippen molar-refractivity contribution in [3.05, 3.63) is 45.6 Å². The number of methoxy groups -OCH3 is 2. The minimum absolute atomic E-state index is 0.336. The third-order valence-corrected chi connectivity index (χ3v) is 4.62. The standard InChI is InChI=1S/C15H14O4S/c1-15(13-5-4-6-20-13)10-8-12(18-3)11(17-2)7-9(10)14(16)19-15/h4-8H,1-3H3. The molecule has 1 aliphatic rings. The van der Waals surface area contributed by atoms with Crippen LogP contribution in [-0.4, -0.2) is 20.2 Å². The number of cyclic esters (lactones) is 1. The highest BCUT2D eigenvalue weighted by Gasteiger charge is 2.44. The van der Waals surface area contributed by atoms with E-state index in [9.17, 15) is 4.79 Å². The molecule has 2 heterocycles. The lowest BCUT2D eigenvalue weighted by atomic mass is 9.92. The van der Waals surface area contributed by atoms with Crippen LogP contribution in [0.3, 0.4) is 0 Å². The number of carbonyl (C=O) groups is 1. The molecule has 20 heavy (non-hydrogen) atoms. The lowest BCUT2D eigenvalue weighted by molar-refractivity contribution is 0.0192. The number of benzene rings is 1. The largest absolute Gasteiger partial charge is 0.493 e. The zero-order chi connectivity index (χ0) is 14.3. The summed E-state index contributed by atoms with van der Waals surface area (Å²) in [5.41, 5.74) is 0.571. The van der Waals surface area contributed by atoms with E-state index in [4.69, 9.17) is 14.2 Å². The maximum absolute atomic E-state index is 12.1. The Kier molecular flexibility index (Phi) is 2.94. The Morgan fingerprint density at radius 2 is 1.90 bits per heavy atom. The van der Waals surface area contributed by atoms with Crippen molar-refractivity contribution in [3.63, 3.8) is 0 Å². The number of rotatable bonds is 3. The van der Waals surface area contributed by atoms with Gasteiger partial charge in [0.25, 0.3) is 0 Å². The molecule has 0 aliphatic carbocycles. The molecule has 1 aromatic heterocycles. The van der Waals surface area contributed by atoms with Gasteiger partial charge in [0.05, 0.1) is 24.7 Å². The first-order chi connectivity index (χ1) is 9.60. The quantitative estimate of drug-likeness (QED) is 0.814. The van der Waals surface area contributed by atoms with Gasteiger partial charge in [0.1, 0.15) is 0 Å². The molecule has 0 spiro atoms. The topological polar surface area (TPSA) is 44.8 Å². The summed E-state index contributed by atoms with van der Waals surface area (Å²) in [5, 5.41) is 1.97. The highest BCUT2D eigenvalue weighted by atomic mass is 32.1. The molecule has 2 aromatic rings. The summed E-state index contributed by atoms with van der Waals surface area (Å²) in [6, 6.07) is 7.40. The number of thiophene rings is 1. The summed E-state index contributed by atoms with van der Waals surface area (Å²) in [5.74, 6) is 0.780. The maximum atomic E-state index is 12.1. The third kappa shape index (κ3) is 1.70. The van der Waals surface area contributed by atoms with Crippen LogP contribution in [0.25, 0.3) is 0 Å². The number of esters is 1. The van der Waals surface area contributed by atoms with Gasteiger partial charge in [0, 0.05) is 5.56 Å². The molecule has 0 radical (unpaired) electrons. The van der Waals surface area contributed by atoms with Crippen molar-refractivity contribution in [1.29, 1.82) is 0 Å². The molecular weight excluding hydrogens is 276 g/mol. The van der Waals surface area contributed by atoms with Gasteiger partial charge in [-0.2, -0.15) is 0 Å². The van der Waals surface area contributed by atoms with Gasteiger partial charge in [-0.15, -0.1) is 11.3 Å². The molecule has 1 unspecified atom stereocenters. The van der Waals surface area contributed by atoms with Crippen LogP contribution in [0, 0.1) is 0 Å². The zero-order valence-electron chi connectivity index (χ0n) is 11.4. The molecule has 1 aliphatic heterocycles. The first-order valence-electron chi connectivity index (χ1n) is 6.14. The van der Waals surface area contributed by atoms with E-state index in [1.165, 1.54) is 0 Å². The van der Waals surface area contributed by atoms with E-state index in [1.54, 1.807) is 31.6 Å². The molecule has 5 heteroatoms. The Hall–Kier alpha value is -2.01. The Bertz CT molecular complexity index is 663. The summed E-state index contributed by atoms with van der Waals surface area (Å²) in [6.45, 7) is 1.90. The van der Waals surface area contributed by atoms with E-state index in [0.717, 1.165) is 10.4 Å². The fourth-order valence-electron chi connectivity index (χ4n) is 2.47. The van der Waals surface area contributed by atoms with Crippen LogP contribution in [0.5, 0.6) is 11.5 Å². The Labute approximate surface area is 120 Å². The van der Waals surface area contributed by atoms with Crippen LogP contribution in [-0.2, 0) is 10.3 Å². The van der Waals surface area contributed by atoms with E-state index in [1.807, 2.05) is 30.5 Å². The number of hydrogen-bond acceptors (Lipinski definition) is 5. The second-order valence-electron chi connectivity index (χ2n) is 4.65. The average molecular weight is 290 g/mol. The van der Waals surface area contributed by atoms with E-state index < -0.39 is 5.60 Å². The number of fused-ring (bicyclic) bond motifs is 1. The molecule has 0 saturated heterocycles. The molecule has 0 amide bonds. The minimum Gasteiger partial charge on any atom is -0.493 e. The van der Waals surface area contributed by atoms with Gasteiger partial charge < -0.3 is 14.2 Å². The summed E-state index contributed by atoms with van der Waals surface area (Å²) in [7, 11) is 3.12. The monoisotopic (exact) mass is 290 g/mol. The van der Waals surface area contributed by atoms with Crippen LogP contribution in [0.15, 0.2) is 29.6 Å². The number of hydrogen-bond donors (Lipinski definition) is 0. The van der Waals surface area contributed by atoms with Crippen LogP contribution >= 0.6 is 11.3 Å². The second-order valence-corrected chi connectivity index (χ2v) is 5.60. The van der Waals surface area contributed by atoms with Gasteiger partial charge in [0.2, 0.25) is 0 Å². The van der Waals surface area contributed by atoms with Crippen LogP contribution in [0.4, 0.5) is 0 Å². The van der Waals surface area contributed by atoms with E-state index in [2.05, 4.69) is 0 Å². The van der Waals surface area contributed by atoms with Gasteiger partial charge in [-0.25, -0.2) is 4.79 Å². The number of ether oxygens (including phenoxy) is 3. The minimum atomic E-state index is -0.764. The molecule has 0 saturated carbocycles. The smallest absolute Gasteiger partial charge is 0.339 e. The van der Waals surface area contributed by atoms with E-state index in [-0.39, 0.29) is 5.97 Å². The Balaban J connectivity index is 2.22. The molecule has 1 aromatic carbocycles. The first kappa shape index (κ1) is 13.0. The van der Waals surface area contributed by atoms with Crippen molar-refractivity contribution >= 4 is 17.3 Å². The fraction of sp³-hybridized carbons (Fsp3) is 0.267. The highest BCUT2D eigenvalue weighted by Crippen LogP contribution is 2.46. The van der Waals surface area contributed by atoms with Crippen LogP contribution < -0.4 is 9.47 Å². The molecule has 1 atom stereocenters. The zero-order valence-corrected chi connectivity index (χ0v) is 12.2. The summed E-state index contributed by atoms with van der Waals surface area (Å²) in [4.78, 5) is 13.1. The lowest BCUT2D eigenvalue weighted by Gasteiger charge is -2.23. The molecule has 3 rings (SSSR count). The average Bonchev–Trinajstić information content (AvgIpc) is 3.06. The molecular formula is C15H14O4S. The van der Waals surface area contributed by atoms with Crippen LogP contribution in [0.1, 0.15) is 27.7 Å². The summed E-state index contributed by atoms with van der Waals surface area (Å²) < 4.78 is 16.2. The van der Waals surface area contributed by atoms with Gasteiger partial charge in [-0.3, -0.25) is 0 Å². The van der Waals surface area contributed by atoms with Gasteiger partial charge in [-0.05, 0) is 30.5 Å². The fourth-order valence-corrected chi connectivity index (χ4v) is 3.31. The third-order valence-electron chi connectivity index (χ3n) is 3.55. The first-order valence-corrected chi connectivity index (χ1v) is 7.02. The molecule has 104 valence electrons. The molecule has 0 fully saturated rings. The van der Waals surface area contributed by atoms with Gasteiger partial charge in [-0.1, -0.05) is 6.07 Å². The Morgan fingerprint density at radius 3 is 2.50 bits per heavy atom. The lowest BCUT2D eigenvalue weighted by Crippen LogP contribution is -2.22. The summed E-state index contributed by atoms with van der Waals surface area (Å²) in [6.07, 6.45) is 0. The van der Waals surface area contributed by atoms with Gasteiger partial charge >= 0.3 is 5.97 Å². The van der Waals surface area contributed by atoms with Crippen molar-refractivity contribution in [2.75, 3.05) is 14.2 Å². The van der Waals surface area contributed by atoms with Crippen LogP contribution in [0.2, 0.25) is 0 Å². The SMILES string of the molecule is COc1cc2c(cc1OC)C(C)(c1cccs1)OC2=O. The highest BCUT2D eigenvalue weighted by molar-refractivity contribution is 7.10. The van der Waals surface area contributed by atoms with Crippen molar-refractivity contribution in [3.8, 4) is 11.5 Å². The normalized spacial score (nSPS) is 20.4. The molecule has 0 bridgehead atoms. The predicted octanol–water partition coefficient (Wildman–Crippen LogP) is 3.20. The second kappa shape index (κ2) is 4.52. The Morgan fingerprint density at radius 1 is 1.20 bits per heavy atom. The van der Waals surface area contributed by atoms with Crippen molar-refractivity contribution in [2.24, 2.45) is 0 Å². The predicted molar refractivity (Wildman–Crippen MR) is 75.7 cm³/mol. The van der Waals surface area contributed by atoms with E-state index in [0.29, 0.717) is 17.1 Å². The van der Waals surface area contributed by atoms with Gasteiger partial charge in [0.15, 0.2) is 17.1 Å². The van der Waals surface area contributed by atoms with Crippen molar-refractivity contribution < 1.29 is 19.0 Å². The maximum Gasteiger partial charge on any atom is 0.339 e. The van der Waals surface area contributed by atoms with E-state index >= 15 is 0 Å². The van der Waals surface area contributed by atoms with Crippen molar-refractivity contribution in [2.45, 2.75) is 12.5 Å². The number of carbonyl (C=O) groups excluding carboxylic acids is 1. The summed E-state index contributed by atoms with van der Waals surface area (Å²) >= 11 is 1.56. The molecule has 4 nitrogen and oxygen atoms in total. The molecule has 0 N–H and O–H groups in total. The van der Waals surface area contributed by atoms with Crippen molar-refractivity contribution in [1.82, 2.24) is 0 Å².